The van der Waals surface area contributed by atoms with Crippen molar-refractivity contribution >= 4 is 11.8 Å². The van der Waals surface area contributed by atoms with Gasteiger partial charge in [0.15, 0.2) is 5.78 Å². The first-order valence-electron chi connectivity index (χ1n) is 6.48. The maximum atomic E-state index is 12.2. The Kier molecular flexibility index (Phi) is 5.32. The van der Waals surface area contributed by atoms with Crippen molar-refractivity contribution in [3.8, 4) is 0 Å². The summed E-state index contributed by atoms with van der Waals surface area (Å²) in [4.78, 5) is 24.4. The molecule has 0 bridgehead atoms. The summed E-state index contributed by atoms with van der Waals surface area (Å²) in [5.74, 6) is -0.357. The minimum Gasteiger partial charge on any atom is -0.461 e. The number of allylic oxidation sites excluding steroid dienone is 2. The molecular weight excluding hydrogens is 228 g/mol. The number of carbonyl (C=O) groups excluding carboxylic acids is 2. The molecule has 0 aromatic heterocycles. The summed E-state index contributed by atoms with van der Waals surface area (Å²) in [6.45, 7) is 7.63. The van der Waals surface area contributed by atoms with Crippen molar-refractivity contribution < 1.29 is 14.3 Å². The predicted octanol–water partition coefficient (Wildman–Crippen LogP) is 3.20. The van der Waals surface area contributed by atoms with Gasteiger partial charge < -0.3 is 4.74 Å². The Labute approximate surface area is 109 Å². The van der Waals surface area contributed by atoms with Crippen LogP contribution in [0.2, 0.25) is 0 Å². The van der Waals surface area contributed by atoms with Gasteiger partial charge >= 0.3 is 5.97 Å². The van der Waals surface area contributed by atoms with Gasteiger partial charge in [-0.25, -0.2) is 0 Å². The summed E-state index contributed by atoms with van der Waals surface area (Å²) in [5, 5.41) is 0. The molecule has 0 amide bonds. The fourth-order valence-electron chi connectivity index (χ4n) is 2.26. The van der Waals surface area contributed by atoms with Gasteiger partial charge in [0.1, 0.15) is 12.0 Å². The van der Waals surface area contributed by atoms with Gasteiger partial charge in [-0.3, -0.25) is 9.59 Å². The molecule has 0 aliphatic heterocycles. The normalized spacial score (nSPS) is 23.3. The molecule has 1 saturated carbocycles. The van der Waals surface area contributed by atoms with Crippen LogP contribution in [0, 0.1) is 5.41 Å². The van der Waals surface area contributed by atoms with Gasteiger partial charge in [0.05, 0.1) is 0 Å². The highest BCUT2D eigenvalue weighted by atomic mass is 16.5. The molecular formula is C15H22O3. The molecule has 0 unspecified atom stereocenters. The average Bonchev–Trinajstić information content (AvgIpc) is 2.35. The zero-order valence-electron chi connectivity index (χ0n) is 11.3. The van der Waals surface area contributed by atoms with Crippen LogP contribution >= 0.6 is 0 Å². The van der Waals surface area contributed by atoms with E-state index in [0.717, 1.165) is 18.4 Å². The lowest BCUT2D eigenvalue weighted by Crippen LogP contribution is -2.42. The first-order valence-corrected chi connectivity index (χ1v) is 6.48. The Morgan fingerprint density at radius 3 is 2.72 bits per heavy atom. The van der Waals surface area contributed by atoms with E-state index in [0.29, 0.717) is 19.3 Å². The summed E-state index contributed by atoms with van der Waals surface area (Å²) in [6.07, 6.45) is 6.82. The Morgan fingerprint density at radius 2 is 2.17 bits per heavy atom. The van der Waals surface area contributed by atoms with E-state index in [-0.39, 0.29) is 18.4 Å². The summed E-state index contributed by atoms with van der Waals surface area (Å²) < 4.78 is 5.13. The number of rotatable bonds is 5. The topological polar surface area (TPSA) is 43.4 Å². The second-order valence-corrected chi connectivity index (χ2v) is 5.09. The summed E-state index contributed by atoms with van der Waals surface area (Å²) >= 11 is 0. The lowest BCUT2D eigenvalue weighted by atomic mass is 9.70. The van der Waals surface area contributed by atoms with E-state index in [1.807, 2.05) is 19.9 Å². The van der Waals surface area contributed by atoms with Crippen molar-refractivity contribution in [3.05, 3.63) is 24.3 Å². The van der Waals surface area contributed by atoms with Crippen molar-refractivity contribution in [3.63, 3.8) is 0 Å². The maximum Gasteiger partial charge on any atom is 0.320 e. The second-order valence-electron chi connectivity index (χ2n) is 5.09. The number of hydrogen-bond donors (Lipinski definition) is 0. The molecule has 100 valence electrons. The third-order valence-corrected chi connectivity index (χ3v) is 3.37. The van der Waals surface area contributed by atoms with Crippen molar-refractivity contribution in [2.24, 2.45) is 5.41 Å². The largest absolute Gasteiger partial charge is 0.461 e. The molecule has 1 rings (SSSR count). The minimum atomic E-state index is -0.946. The molecule has 0 aromatic rings. The Bertz CT molecular complexity index is 364. The molecule has 18 heavy (non-hydrogen) atoms. The first-order chi connectivity index (χ1) is 8.53. The van der Waals surface area contributed by atoms with Gasteiger partial charge in [-0.05, 0) is 33.1 Å². The van der Waals surface area contributed by atoms with E-state index in [1.54, 1.807) is 0 Å². The Hall–Kier alpha value is -1.38. The van der Waals surface area contributed by atoms with E-state index in [4.69, 9.17) is 4.74 Å². The van der Waals surface area contributed by atoms with Crippen molar-refractivity contribution in [2.45, 2.75) is 46.0 Å². The standard InChI is InChI=1S/C15H22O3/c1-4-11-18-14(17)15(10-8-12(2)3)9-6-5-7-13(15)16/h4,8H,1,5-7,9-11H2,2-3H3/t15-/m1/s1. The van der Waals surface area contributed by atoms with Crippen LogP contribution in [0.4, 0.5) is 0 Å². The van der Waals surface area contributed by atoms with Crippen molar-refractivity contribution in [1.82, 2.24) is 0 Å². The fraction of sp³-hybridized carbons (Fsp3) is 0.600. The van der Waals surface area contributed by atoms with Gasteiger partial charge in [0.25, 0.3) is 0 Å². The van der Waals surface area contributed by atoms with Gasteiger partial charge in [-0.2, -0.15) is 0 Å². The molecule has 1 aliphatic carbocycles. The highest BCUT2D eigenvalue weighted by Crippen LogP contribution is 2.38. The van der Waals surface area contributed by atoms with Crippen molar-refractivity contribution in [2.75, 3.05) is 6.61 Å². The number of esters is 1. The van der Waals surface area contributed by atoms with Crippen LogP contribution in [-0.2, 0) is 14.3 Å². The monoisotopic (exact) mass is 250 g/mol. The van der Waals surface area contributed by atoms with Crippen molar-refractivity contribution in [1.29, 1.82) is 0 Å². The highest BCUT2D eigenvalue weighted by Gasteiger charge is 2.46. The molecule has 0 N–H and O–H groups in total. The van der Waals surface area contributed by atoms with Crippen LogP contribution in [0.5, 0.6) is 0 Å². The molecule has 1 aliphatic rings. The zero-order chi connectivity index (χ0) is 13.6. The number of ether oxygens (including phenoxy) is 1. The number of carbonyl (C=O) groups is 2. The molecule has 0 saturated heterocycles. The molecule has 0 radical (unpaired) electrons. The third kappa shape index (κ3) is 3.31. The van der Waals surface area contributed by atoms with Crippen LogP contribution < -0.4 is 0 Å². The lowest BCUT2D eigenvalue weighted by molar-refractivity contribution is -0.161. The summed E-state index contributed by atoms with van der Waals surface area (Å²) in [6, 6.07) is 0. The SMILES string of the molecule is C=CCOC(=O)[C@@]1(CC=C(C)C)CCCCC1=O. The van der Waals surface area contributed by atoms with Gasteiger partial charge in [0, 0.05) is 6.42 Å². The van der Waals surface area contributed by atoms with Gasteiger partial charge in [0.2, 0.25) is 0 Å². The first kappa shape index (κ1) is 14.7. The Balaban J connectivity index is 2.91. The van der Waals surface area contributed by atoms with E-state index in [2.05, 4.69) is 6.58 Å². The van der Waals surface area contributed by atoms with Crippen LogP contribution in [0.1, 0.15) is 46.0 Å². The van der Waals surface area contributed by atoms with E-state index in [1.165, 1.54) is 6.08 Å². The second kappa shape index (κ2) is 6.53. The van der Waals surface area contributed by atoms with E-state index < -0.39 is 5.41 Å². The van der Waals surface area contributed by atoms with Crippen LogP contribution in [-0.4, -0.2) is 18.4 Å². The van der Waals surface area contributed by atoms with Crippen LogP contribution in [0.15, 0.2) is 24.3 Å². The van der Waals surface area contributed by atoms with Crippen LogP contribution in [0.25, 0.3) is 0 Å². The fourth-order valence-corrected chi connectivity index (χ4v) is 2.26. The molecule has 1 fully saturated rings. The number of hydrogen-bond acceptors (Lipinski definition) is 3. The van der Waals surface area contributed by atoms with E-state index in [9.17, 15) is 9.59 Å². The molecule has 0 aromatic carbocycles. The molecule has 1 atom stereocenters. The minimum absolute atomic E-state index is 0.0281. The molecule has 0 spiro atoms. The highest BCUT2D eigenvalue weighted by molar-refractivity contribution is 6.04. The summed E-state index contributed by atoms with van der Waals surface area (Å²) in [5.41, 5.74) is 0.169. The lowest BCUT2D eigenvalue weighted by Gasteiger charge is -2.32. The molecule has 3 nitrogen and oxygen atoms in total. The quantitative estimate of drug-likeness (QED) is 0.427. The smallest absolute Gasteiger partial charge is 0.320 e. The average molecular weight is 250 g/mol. The van der Waals surface area contributed by atoms with Gasteiger partial charge in [-0.1, -0.05) is 30.7 Å². The summed E-state index contributed by atoms with van der Waals surface area (Å²) in [7, 11) is 0. The van der Waals surface area contributed by atoms with Crippen LogP contribution in [0.3, 0.4) is 0 Å². The molecule has 3 heteroatoms. The Morgan fingerprint density at radius 1 is 1.44 bits per heavy atom. The maximum absolute atomic E-state index is 12.2. The number of ketones is 1. The predicted molar refractivity (Wildman–Crippen MR) is 71.1 cm³/mol. The van der Waals surface area contributed by atoms with Gasteiger partial charge in [-0.15, -0.1) is 0 Å². The molecule has 0 heterocycles. The number of Topliss-reactive ketones (excluding diaryl/α,β-unsaturated/α-hetero) is 1. The van der Waals surface area contributed by atoms with E-state index >= 15 is 0 Å². The zero-order valence-corrected chi connectivity index (χ0v) is 11.3. The third-order valence-electron chi connectivity index (χ3n) is 3.37.